The van der Waals surface area contributed by atoms with Gasteiger partial charge in [-0.1, -0.05) is 13.8 Å². The normalized spacial score (nSPS) is 10.6. The number of nitrogens with one attached hydrogen (secondary N) is 2. The van der Waals surface area contributed by atoms with Gasteiger partial charge in [0.2, 0.25) is 5.95 Å². The summed E-state index contributed by atoms with van der Waals surface area (Å²) in [5, 5.41) is 6.56. The summed E-state index contributed by atoms with van der Waals surface area (Å²) in [7, 11) is 3.24. The maximum absolute atomic E-state index is 5.33. The maximum Gasteiger partial charge on any atom is 0.224 e. The average molecular weight is 330 g/mol. The number of methoxy groups -OCH3 is 2. The van der Waals surface area contributed by atoms with E-state index in [1.165, 1.54) is 0 Å². The van der Waals surface area contributed by atoms with Crippen molar-refractivity contribution in [3.63, 3.8) is 0 Å². The summed E-state index contributed by atoms with van der Waals surface area (Å²) in [6.45, 7) is 7.21. The zero-order chi connectivity index (χ0) is 17.5. The molecule has 0 fully saturated rings. The van der Waals surface area contributed by atoms with Gasteiger partial charge >= 0.3 is 0 Å². The largest absolute Gasteiger partial charge is 0.493 e. The van der Waals surface area contributed by atoms with Crippen LogP contribution in [0.4, 0.5) is 17.5 Å². The number of ether oxygens (including phenoxy) is 2. The SMILES string of the molecule is COc1ccc(Nc2cc(C)nc(NCCC(C)C)n2)cc1OC. The molecule has 1 heterocycles. The van der Waals surface area contributed by atoms with E-state index in [1.807, 2.05) is 31.2 Å². The van der Waals surface area contributed by atoms with Crippen molar-refractivity contribution >= 4 is 17.5 Å². The second-order valence-electron chi connectivity index (χ2n) is 6.02. The number of hydrogen-bond donors (Lipinski definition) is 2. The summed E-state index contributed by atoms with van der Waals surface area (Å²) in [6, 6.07) is 7.56. The lowest BCUT2D eigenvalue weighted by Crippen LogP contribution is -2.09. The first kappa shape index (κ1) is 17.8. The molecular weight excluding hydrogens is 304 g/mol. The fourth-order valence-corrected chi connectivity index (χ4v) is 2.25. The van der Waals surface area contributed by atoms with E-state index in [4.69, 9.17) is 9.47 Å². The molecule has 6 nitrogen and oxygen atoms in total. The molecule has 0 amide bonds. The lowest BCUT2D eigenvalue weighted by Gasteiger charge is -2.12. The second-order valence-corrected chi connectivity index (χ2v) is 6.02. The summed E-state index contributed by atoms with van der Waals surface area (Å²) in [5.74, 6) is 3.38. The summed E-state index contributed by atoms with van der Waals surface area (Å²) >= 11 is 0. The standard InChI is InChI=1S/C18H26N4O2/c1-12(2)8-9-19-18-20-13(3)10-17(22-18)21-14-6-7-15(23-4)16(11-14)24-5/h6-7,10-12H,8-9H2,1-5H3,(H2,19,20,21,22). The molecule has 0 aliphatic heterocycles. The summed E-state index contributed by atoms with van der Waals surface area (Å²) < 4.78 is 10.6. The molecule has 0 radical (unpaired) electrons. The van der Waals surface area contributed by atoms with E-state index in [1.54, 1.807) is 14.2 Å². The van der Waals surface area contributed by atoms with E-state index in [0.29, 0.717) is 23.4 Å². The van der Waals surface area contributed by atoms with Gasteiger partial charge in [-0.2, -0.15) is 4.98 Å². The molecule has 0 saturated carbocycles. The second kappa shape index (κ2) is 8.38. The Morgan fingerprint density at radius 1 is 1.04 bits per heavy atom. The molecule has 2 N–H and O–H groups in total. The molecule has 0 spiro atoms. The smallest absolute Gasteiger partial charge is 0.224 e. The number of aryl methyl sites for hydroxylation is 1. The molecule has 0 unspecified atom stereocenters. The van der Waals surface area contributed by atoms with Crippen LogP contribution >= 0.6 is 0 Å². The van der Waals surface area contributed by atoms with Gasteiger partial charge in [-0.3, -0.25) is 0 Å². The minimum Gasteiger partial charge on any atom is -0.493 e. The molecule has 130 valence electrons. The monoisotopic (exact) mass is 330 g/mol. The van der Waals surface area contributed by atoms with Crippen molar-refractivity contribution in [3.8, 4) is 11.5 Å². The van der Waals surface area contributed by atoms with E-state index in [-0.39, 0.29) is 0 Å². The van der Waals surface area contributed by atoms with Crippen LogP contribution in [0.15, 0.2) is 24.3 Å². The van der Waals surface area contributed by atoms with Gasteiger partial charge in [0.15, 0.2) is 11.5 Å². The highest BCUT2D eigenvalue weighted by Crippen LogP contribution is 2.31. The average Bonchev–Trinajstić information content (AvgIpc) is 2.53. The fraction of sp³-hybridized carbons (Fsp3) is 0.444. The van der Waals surface area contributed by atoms with Gasteiger partial charge in [-0.25, -0.2) is 4.98 Å². The van der Waals surface area contributed by atoms with Crippen molar-refractivity contribution in [2.24, 2.45) is 5.92 Å². The third kappa shape index (κ3) is 5.01. The number of benzene rings is 1. The van der Waals surface area contributed by atoms with Gasteiger partial charge in [0, 0.05) is 30.1 Å². The van der Waals surface area contributed by atoms with Crippen molar-refractivity contribution in [1.82, 2.24) is 9.97 Å². The van der Waals surface area contributed by atoms with E-state index in [0.717, 1.165) is 30.2 Å². The topological polar surface area (TPSA) is 68.3 Å². The summed E-state index contributed by atoms with van der Waals surface area (Å²) in [5.41, 5.74) is 1.78. The zero-order valence-electron chi connectivity index (χ0n) is 15.0. The maximum atomic E-state index is 5.33. The van der Waals surface area contributed by atoms with Gasteiger partial charge in [-0.05, 0) is 31.4 Å². The number of rotatable bonds is 8. The highest BCUT2D eigenvalue weighted by Gasteiger charge is 2.07. The quantitative estimate of drug-likeness (QED) is 0.762. The Bertz CT molecular complexity index is 674. The van der Waals surface area contributed by atoms with Gasteiger partial charge < -0.3 is 20.1 Å². The molecule has 6 heteroatoms. The summed E-state index contributed by atoms with van der Waals surface area (Å²) in [4.78, 5) is 8.94. The van der Waals surface area contributed by atoms with Crippen LogP contribution in [0.25, 0.3) is 0 Å². The number of aromatic nitrogens is 2. The van der Waals surface area contributed by atoms with Crippen LogP contribution in [0, 0.1) is 12.8 Å². The molecule has 1 aromatic heterocycles. The van der Waals surface area contributed by atoms with Crippen LogP contribution in [-0.4, -0.2) is 30.7 Å². The van der Waals surface area contributed by atoms with E-state index in [2.05, 4.69) is 34.4 Å². The first-order valence-corrected chi connectivity index (χ1v) is 8.10. The van der Waals surface area contributed by atoms with E-state index in [9.17, 15) is 0 Å². The highest BCUT2D eigenvalue weighted by atomic mass is 16.5. The van der Waals surface area contributed by atoms with Crippen molar-refractivity contribution in [1.29, 1.82) is 0 Å². The molecule has 0 atom stereocenters. The fourth-order valence-electron chi connectivity index (χ4n) is 2.25. The lowest BCUT2D eigenvalue weighted by atomic mass is 10.1. The van der Waals surface area contributed by atoms with Crippen molar-refractivity contribution in [3.05, 3.63) is 30.0 Å². The minimum absolute atomic E-state index is 0.638. The Kier molecular flexibility index (Phi) is 6.23. The Hall–Kier alpha value is -2.50. The molecule has 0 aliphatic carbocycles. The van der Waals surface area contributed by atoms with Crippen LogP contribution < -0.4 is 20.1 Å². The lowest BCUT2D eigenvalue weighted by molar-refractivity contribution is 0.355. The van der Waals surface area contributed by atoms with Gasteiger partial charge in [0.05, 0.1) is 14.2 Å². The molecule has 1 aromatic carbocycles. The third-order valence-electron chi connectivity index (χ3n) is 3.51. The number of hydrogen-bond acceptors (Lipinski definition) is 6. The Balaban J connectivity index is 2.13. The molecule has 2 rings (SSSR count). The molecule has 0 saturated heterocycles. The van der Waals surface area contributed by atoms with Gasteiger partial charge in [0.1, 0.15) is 5.82 Å². The summed E-state index contributed by atoms with van der Waals surface area (Å²) in [6.07, 6.45) is 1.08. The predicted molar refractivity (Wildman–Crippen MR) is 97.5 cm³/mol. The highest BCUT2D eigenvalue weighted by molar-refractivity contribution is 5.62. The zero-order valence-corrected chi connectivity index (χ0v) is 15.0. The molecule has 2 aromatic rings. The predicted octanol–water partition coefficient (Wildman–Crippen LogP) is 4.00. The van der Waals surface area contributed by atoms with Gasteiger partial charge in [-0.15, -0.1) is 0 Å². The molecule has 24 heavy (non-hydrogen) atoms. The molecule has 0 bridgehead atoms. The van der Waals surface area contributed by atoms with Crippen LogP contribution in [0.2, 0.25) is 0 Å². The van der Waals surface area contributed by atoms with Crippen molar-refractivity contribution in [2.75, 3.05) is 31.4 Å². The van der Waals surface area contributed by atoms with Crippen LogP contribution in [0.1, 0.15) is 26.0 Å². The van der Waals surface area contributed by atoms with Gasteiger partial charge in [0.25, 0.3) is 0 Å². The van der Waals surface area contributed by atoms with E-state index >= 15 is 0 Å². The van der Waals surface area contributed by atoms with Crippen LogP contribution in [0.5, 0.6) is 11.5 Å². The minimum atomic E-state index is 0.638. The van der Waals surface area contributed by atoms with Crippen LogP contribution in [-0.2, 0) is 0 Å². The molecular formula is C18H26N4O2. The first-order chi connectivity index (χ1) is 11.5. The Morgan fingerprint density at radius 3 is 2.46 bits per heavy atom. The first-order valence-electron chi connectivity index (χ1n) is 8.10. The Labute approximate surface area is 143 Å². The van der Waals surface area contributed by atoms with Crippen molar-refractivity contribution in [2.45, 2.75) is 27.2 Å². The van der Waals surface area contributed by atoms with Crippen molar-refractivity contribution < 1.29 is 9.47 Å². The molecule has 0 aliphatic rings. The van der Waals surface area contributed by atoms with E-state index < -0.39 is 0 Å². The number of anilines is 3. The van der Waals surface area contributed by atoms with Crippen LogP contribution in [0.3, 0.4) is 0 Å². The number of nitrogens with zero attached hydrogens (tertiary/aromatic N) is 2. The Morgan fingerprint density at radius 2 is 1.79 bits per heavy atom. The third-order valence-corrected chi connectivity index (χ3v) is 3.51.